The Morgan fingerprint density at radius 2 is 1.77 bits per heavy atom. The molecule has 5 rings (SSSR count). The number of benzene rings is 3. The van der Waals surface area contributed by atoms with E-state index >= 15 is 0 Å². The molecule has 0 aromatic heterocycles. The first-order chi connectivity index (χ1) is 19.5. The van der Waals surface area contributed by atoms with Crippen molar-refractivity contribution in [3.8, 4) is 17.2 Å². The maximum atomic E-state index is 13.1. The Labute approximate surface area is 239 Å². The van der Waals surface area contributed by atoms with E-state index in [2.05, 4.69) is 9.80 Å². The highest BCUT2D eigenvalue weighted by Crippen LogP contribution is 2.41. The molecule has 1 saturated heterocycles. The van der Waals surface area contributed by atoms with E-state index < -0.39 is 23.4 Å². The van der Waals surface area contributed by atoms with Crippen molar-refractivity contribution in [3.63, 3.8) is 0 Å². The van der Waals surface area contributed by atoms with Crippen LogP contribution in [0.1, 0.15) is 18.9 Å². The molecule has 40 heavy (non-hydrogen) atoms. The van der Waals surface area contributed by atoms with E-state index in [9.17, 15) is 15.0 Å². The molecule has 0 saturated carbocycles. The van der Waals surface area contributed by atoms with Crippen molar-refractivity contribution in [1.82, 2.24) is 4.90 Å². The predicted octanol–water partition coefficient (Wildman–Crippen LogP) is 4.33. The van der Waals surface area contributed by atoms with Crippen LogP contribution in [-0.2, 0) is 16.1 Å². The predicted molar refractivity (Wildman–Crippen MR) is 155 cm³/mol. The average Bonchev–Trinajstić information content (AvgIpc) is 3.10. The lowest BCUT2D eigenvalue weighted by Gasteiger charge is -2.36. The summed E-state index contributed by atoms with van der Waals surface area (Å²) in [5, 5.41) is 19.6. The summed E-state index contributed by atoms with van der Waals surface area (Å²) in [6, 6.07) is 22.7. The number of aromatic hydroxyl groups is 1. The summed E-state index contributed by atoms with van der Waals surface area (Å²) in [5.74, 6) is 1.12. The second-order valence-electron chi connectivity index (χ2n) is 10.1. The van der Waals surface area contributed by atoms with Crippen molar-refractivity contribution in [2.75, 3.05) is 44.2 Å². The normalized spacial score (nSPS) is 21.1. The summed E-state index contributed by atoms with van der Waals surface area (Å²) in [6.45, 7) is 6.98. The van der Waals surface area contributed by atoms with Crippen LogP contribution in [0.15, 0.2) is 77.7 Å². The highest BCUT2D eigenvalue weighted by Gasteiger charge is 2.38. The summed E-state index contributed by atoms with van der Waals surface area (Å²) >= 11 is 1.26. The number of anilines is 1. The number of thioether (sulfide) groups is 1. The van der Waals surface area contributed by atoms with Gasteiger partial charge in [0.25, 0.3) is 0 Å². The van der Waals surface area contributed by atoms with E-state index in [-0.39, 0.29) is 5.75 Å². The van der Waals surface area contributed by atoms with Crippen molar-refractivity contribution < 1.29 is 29.2 Å². The lowest BCUT2D eigenvalue weighted by atomic mass is 10.1. The molecule has 0 spiro atoms. The number of aliphatic hydroxyl groups excluding tert-OH is 1. The maximum Gasteiger partial charge on any atom is 0.322 e. The van der Waals surface area contributed by atoms with Gasteiger partial charge >= 0.3 is 5.97 Å². The number of carbonyl (C=O) groups is 1. The zero-order valence-electron chi connectivity index (χ0n) is 22.6. The first-order valence-electron chi connectivity index (χ1n) is 13.7. The van der Waals surface area contributed by atoms with Gasteiger partial charge in [0.2, 0.25) is 0 Å². The summed E-state index contributed by atoms with van der Waals surface area (Å²) < 4.78 is 17.5. The fourth-order valence-electron chi connectivity index (χ4n) is 4.85. The second kappa shape index (κ2) is 13.3. The van der Waals surface area contributed by atoms with Crippen molar-refractivity contribution in [2.24, 2.45) is 0 Å². The van der Waals surface area contributed by atoms with Crippen LogP contribution < -0.4 is 14.4 Å². The van der Waals surface area contributed by atoms with Gasteiger partial charge in [0, 0.05) is 38.4 Å². The van der Waals surface area contributed by atoms with Gasteiger partial charge < -0.3 is 29.3 Å². The van der Waals surface area contributed by atoms with Crippen LogP contribution in [0.5, 0.6) is 17.2 Å². The Bertz CT molecular complexity index is 1250. The number of phenols is 1. The largest absolute Gasteiger partial charge is 0.508 e. The number of esters is 1. The Morgan fingerprint density at radius 3 is 2.52 bits per heavy atom. The fourth-order valence-corrected chi connectivity index (χ4v) is 6.07. The topological polar surface area (TPSA) is 91.7 Å². The molecule has 3 aromatic carbocycles. The van der Waals surface area contributed by atoms with Gasteiger partial charge in [-0.25, -0.2) is 0 Å². The highest BCUT2D eigenvalue weighted by atomic mass is 32.2. The van der Waals surface area contributed by atoms with Gasteiger partial charge in [-0.2, -0.15) is 0 Å². The molecule has 0 aliphatic carbocycles. The van der Waals surface area contributed by atoms with Gasteiger partial charge in [-0.05, 0) is 61.4 Å². The molecule has 2 aliphatic heterocycles. The minimum absolute atomic E-state index is 0.274. The zero-order valence-corrected chi connectivity index (χ0v) is 23.5. The number of carbonyl (C=O) groups excluding carboxylic acids is 1. The molecule has 2 N–H and O–H groups in total. The van der Waals surface area contributed by atoms with Crippen LogP contribution in [0.2, 0.25) is 0 Å². The molecule has 0 amide bonds. The fraction of sp³-hybridized carbons (Fsp3) is 0.387. The van der Waals surface area contributed by atoms with Crippen LogP contribution in [-0.4, -0.2) is 77.9 Å². The Hall–Kier alpha value is -3.40. The van der Waals surface area contributed by atoms with Gasteiger partial charge in [-0.1, -0.05) is 30.3 Å². The van der Waals surface area contributed by atoms with Crippen molar-refractivity contribution in [2.45, 2.75) is 42.3 Å². The number of piperazine rings is 1. The molecule has 0 radical (unpaired) electrons. The molecule has 0 bridgehead atoms. The molecule has 1 fully saturated rings. The number of hydrogen-bond donors (Lipinski definition) is 2. The van der Waals surface area contributed by atoms with Gasteiger partial charge in [0.05, 0.1) is 11.5 Å². The Morgan fingerprint density at radius 1 is 1.02 bits per heavy atom. The Balaban J connectivity index is 1.10. The minimum Gasteiger partial charge on any atom is -0.508 e. The smallest absolute Gasteiger partial charge is 0.322 e. The highest BCUT2D eigenvalue weighted by molar-refractivity contribution is 8.00. The van der Waals surface area contributed by atoms with Gasteiger partial charge in [0.1, 0.15) is 41.3 Å². The number of ether oxygens (including phenoxy) is 3. The summed E-state index contributed by atoms with van der Waals surface area (Å²) in [4.78, 5) is 18.5. The van der Waals surface area contributed by atoms with Crippen LogP contribution in [0.25, 0.3) is 0 Å². The first-order valence-corrected chi connectivity index (χ1v) is 14.6. The number of fused-ring (bicyclic) bond motifs is 1. The zero-order chi connectivity index (χ0) is 27.9. The van der Waals surface area contributed by atoms with E-state index in [4.69, 9.17) is 14.2 Å². The maximum absolute atomic E-state index is 13.1. The Kier molecular flexibility index (Phi) is 9.36. The van der Waals surface area contributed by atoms with Crippen LogP contribution in [0.3, 0.4) is 0 Å². The summed E-state index contributed by atoms with van der Waals surface area (Å²) in [7, 11) is 0. The van der Waals surface area contributed by atoms with Crippen LogP contribution >= 0.6 is 11.8 Å². The summed E-state index contributed by atoms with van der Waals surface area (Å²) in [6.07, 6.45) is -0.850. The lowest BCUT2D eigenvalue weighted by Crippen LogP contribution is -2.46. The molecular weight excluding hydrogens is 528 g/mol. The van der Waals surface area contributed by atoms with E-state index in [1.807, 2.05) is 60.7 Å². The molecule has 3 atom stereocenters. The van der Waals surface area contributed by atoms with Crippen LogP contribution in [0, 0.1) is 0 Å². The average molecular weight is 565 g/mol. The summed E-state index contributed by atoms with van der Waals surface area (Å²) in [5.41, 5.74) is 2.17. The number of phenolic OH excluding ortho intramolecular Hbond substituents is 1. The van der Waals surface area contributed by atoms with Crippen molar-refractivity contribution in [3.05, 3.63) is 78.4 Å². The lowest BCUT2D eigenvalue weighted by molar-refractivity contribution is -0.146. The third kappa shape index (κ3) is 7.21. The van der Waals surface area contributed by atoms with Crippen molar-refractivity contribution in [1.29, 1.82) is 0 Å². The second-order valence-corrected chi connectivity index (χ2v) is 11.3. The monoisotopic (exact) mass is 564 g/mol. The minimum atomic E-state index is -1.01. The number of hydrogen-bond acceptors (Lipinski definition) is 9. The van der Waals surface area contributed by atoms with Crippen molar-refractivity contribution >= 4 is 23.4 Å². The van der Waals surface area contributed by atoms with E-state index in [1.54, 1.807) is 19.1 Å². The van der Waals surface area contributed by atoms with E-state index in [1.165, 1.54) is 11.8 Å². The number of rotatable bonds is 9. The van der Waals surface area contributed by atoms with Gasteiger partial charge in [-0.15, -0.1) is 11.8 Å². The van der Waals surface area contributed by atoms with E-state index in [0.717, 1.165) is 55.3 Å². The van der Waals surface area contributed by atoms with Crippen LogP contribution in [0.4, 0.5) is 5.69 Å². The molecule has 1 unspecified atom stereocenters. The van der Waals surface area contributed by atoms with Gasteiger partial charge in [0.15, 0.2) is 0 Å². The number of aliphatic hydroxyl groups is 1. The van der Waals surface area contributed by atoms with Gasteiger partial charge in [-0.3, -0.25) is 9.69 Å². The molecule has 2 heterocycles. The standard InChI is InChI=1S/C31H36N2O6S/c1-22-29(35)30(40-28-20-26(12-13-27(28)39-22)38-21-23-6-3-2-4-7-23)31(36)37-19-5-14-32-15-17-33(18-16-32)24-8-10-25(34)11-9-24/h2-4,6-13,20,22,29-30,34-35H,5,14-19,21H2,1H3/t22?,29-,30+/m0/s1. The number of nitrogens with zero attached hydrogens (tertiary/aromatic N) is 2. The molecule has 9 heteroatoms. The molecule has 212 valence electrons. The quantitative estimate of drug-likeness (QED) is 0.291. The molecule has 3 aromatic rings. The van der Waals surface area contributed by atoms with E-state index in [0.29, 0.717) is 24.7 Å². The molecule has 8 nitrogen and oxygen atoms in total. The third-order valence-electron chi connectivity index (χ3n) is 7.20. The molecule has 2 aliphatic rings. The SMILES string of the molecule is CC1Oc2ccc(OCc3ccccc3)cc2S[C@@H](C(=O)OCCCN2CCN(c3ccc(O)cc3)CC2)[C@H]1O. The third-order valence-corrected chi connectivity index (χ3v) is 8.50. The molecular formula is C31H36N2O6S. The first kappa shape index (κ1) is 28.1.